The van der Waals surface area contributed by atoms with Crippen LogP contribution in [-0.2, 0) is 19.0 Å². The molecule has 10 heteroatoms. The summed E-state index contributed by atoms with van der Waals surface area (Å²) in [5.74, 6) is -2.00. The maximum absolute atomic E-state index is 11.8. The summed E-state index contributed by atoms with van der Waals surface area (Å²) in [5, 5.41) is 60.4. The summed E-state index contributed by atoms with van der Waals surface area (Å²) in [7, 11) is 0. The lowest BCUT2D eigenvalue weighted by Crippen LogP contribution is -2.60. The largest absolute Gasteiger partial charge is 0.463 e. The van der Waals surface area contributed by atoms with Crippen LogP contribution in [0.1, 0.15) is 20.3 Å². The number of carbonyl (C=O) groups is 1. The molecule has 2 heterocycles. The summed E-state index contributed by atoms with van der Waals surface area (Å²) in [6, 6.07) is 0. The number of carbonyl (C=O) groups excluding carboxylic acids is 1. The lowest BCUT2D eigenvalue weighted by atomic mass is 9.76. The van der Waals surface area contributed by atoms with Gasteiger partial charge in [0.15, 0.2) is 11.9 Å². The van der Waals surface area contributed by atoms with Crippen LogP contribution in [0.3, 0.4) is 0 Å². The number of rotatable bonds is 3. The summed E-state index contributed by atoms with van der Waals surface area (Å²) in [5.41, 5.74) is -3.30. The molecular formula is C16H26O10. The van der Waals surface area contributed by atoms with Gasteiger partial charge in [-0.15, -0.1) is 0 Å². The van der Waals surface area contributed by atoms with Gasteiger partial charge in [0.05, 0.1) is 24.9 Å². The molecule has 0 aromatic heterocycles. The predicted molar refractivity (Wildman–Crippen MR) is 82.4 cm³/mol. The summed E-state index contributed by atoms with van der Waals surface area (Å²) < 4.78 is 16.0. The zero-order valence-electron chi connectivity index (χ0n) is 14.6. The number of ether oxygens (including phenoxy) is 3. The first-order valence-electron chi connectivity index (χ1n) is 8.59. The quantitative estimate of drug-likeness (QED) is 0.276. The second-order valence-corrected chi connectivity index (χ2v) is 7.74. The Labute approximate surface area is 149 Å². The van der Waals surface area contributed by atoms with Crippen LogP contribution in [0.2, 0.25) is 0 Å². The number of fused-ring (bicyclic) bond motifs is 1. The Bertz CT molecular complexity index is 547. The summed E-state index contributed by atoms with van der Waals surface area (Å²) in [4.78, 5) is 11.8. The highest BCUT2D eigenvalue weighted by Crippen LogP contribution is 2.50. The van der Waals surface area contributed by atoms with Crippen molar-refractivity contribution in [3.05, 3.63) is 0 Å². The molecule has 0 spiro atoms. The second kappa shape index (κ2) is 6.64. The van der Waals surface area contributed by atoms with E-state index in [-0.39, 0.29) is 13.0 Å². The minimum atomic E-state index is -1.79. The van der Waals surface area contributed by atoms with E-state index in [0.717, 1.165) is 0 Å². The molecular weight excluding hydrogens is 352 g/mol. The van der Waals surface area contributed by atoms with Gasteiger partial charge in [-0.05, 0) is 20.3 Å². The molecule has 0 unspecified atom stereocenters. The first-order valence-corrected chi connectivity index (χ1v) is 8.59. The molecule has 1 aliphatic carbocycles. The van der Waals surface area contributed by atoms with Crippen molar-refractivity contribution in [2.45, 2.75) is 68.3 Å². The molecule has 0 aromatic carbocycles. The van der Waals surface area contributed by atoms with Gasteiger partial charge in [-0.25, -0.2) is 4.79 Å². The number of hydrogen-bond donors (Lipinski definition) is 6. The highest BCUT2D eigenvalue weighted by Gasteiger charge is 2.63. The maximum Gasteiger partial charge on any atom is 0.338 e. The smallest absolute Gasteiger partial charge is 0.338 e. The number of hydrogen-bond acceptors (Lipinski definition) is 10. The van der Waals surface area contributed by atoms with E-state index in [1.54, 1.807) is 0 Å². The Morgan fingerprint density at radius 1 is 1.12 bits per heavy atom. The molecule has 0 bridgehead atoms. The first-order chi connectivity index (χ1) is 12.0. The lowest BCUT2D eigenvalue weighted by molar-refractivity contribution is -0.321. The number of cyclic esters (lactones) is 1. The molecule has 2 saturated heterocycles. The summed E-state index contributed by atoms with van der Waals surface area (Å²) in [6.07, 6.45) is -8.14. The topological polar surface area (TPSA) is 166 Å². The predicted octanol–water partition coefficient (Wildman–Crippen LogP) is -3.13. The fourth-order valence-corrected chi connectivity index (χ4v) is 4.18. The zero-order chi connectivity index (χ0) is 19.4. The van der Waals surface area contributed by atoms with Crippen molar-refractivity contribution in [2.24, 2.45) is 11.8 Å². The highest BCUT2D eigenvalue weighted by molar-refractivity contribution is 5.80. The van der Waals surface area contributed by atoms with Crippen molar-refractivity contribution in [3.8, 4) is 0 Å². The number of aliphatic hydroxyl groups is 6. The van der Waals surface area contributed by atoms with Crippen molar-refractivity contribution in [2.75, 3.05) is 13.2 Å². The van der Waals surface area contributed by atoms with Crippen LogP contribution in [0.25, 0.3) is 0 Å². The van der Waals surface area contributed by atoms with E-state index in [2.05, 4.69) is 0 Å². The molecule has 26 heavy (non-hydrogen) atoms. The van der Waals surface area contributed by atoms with Gasteiger partial charge < -0.3 is 44.8 Å². The Kier molecular flexibility index (Phi) is 5.08. The molecule has 0 aromatic rings. The number of esters is 1. The van der Waals surface area contributed by atoms with Crippen molar-refractivity contribution >= 4 is 5.97 Å². The van der Waals surface area contributed by atoms with Crippen molar-refractivity contribution < 1.29 is 49.6 Å². The van der Waals surface area contributed by atoms with E-state index in [4.69, 9.17) is 14.2 Å². The Morgan fingerprint density at radius 2 is 1.77 bits per heavy atom. The Balaban J connectivity index is 1.78. The van der Waals surface area contributed by atoms with E-state index in [0.29, 0.717) is 0 Å². The van der Waals surface area contributed by atoms with E-state index in [9.17, 15) is 35.4 Å². The van der Waals surface area contributed by atoms with E-state index >= 15 is 0 Å². The van der Waals surface area contributed by atoms with Crippen LogP contribution in [0.4, 0.5) is 0 Å². The third-order valence-corrected chi connectivity index (χ3v) is 6.03. The third kappa shape index (κ3) is 2.94. The molecule has 0 amide bonds. The van der Waals surface area contributed by atoms with Crippen molar-refractivity contribution in [3.63, 3.8) is 0 Å². The molecule has 6 N–H and O–H groups in total. The van der Waals surface area contributed by atoms with Crippen LogP contribution in [0.5, 0.6) is 0 Å². The molecule has 150 valence electrons. The van der Waals surface area contributed by atoms with Gasteiger partial charge in [0, 0.05) is 11.8 Å². The molecule has 2 aliphatic heterocycles. The van der Waals surface area contributed by atoms with Crippen LogP contribution < -0.4 is 0 Å². The van der Waals surface area contributed by atoms with Gasteiger partial charge in [0.25, 0.3) is 0 Å². The standard InChI is InChI=1S/C16H26O10/c1-15(22)7-5-24-14(21)16(2,23)6(7)3-9(15)26-13-12(20)11(19)10(18)8(4-17)25-13/h6-13,17-20,22-23H,3-5H2,1-2H3/t6-,7-,8+,9-,10+,11-,12+,13-,15-,16-/m0/s1. The van der Waals surface area contributed by atoms with Gasteiger partial charge in [0.1, 0.15) is 24.4 Å². The van der Waals surface area contributed by atoms with Gasteiger partial charge in [-0.1, -0.05) is 0 Å². The Morgan fingerprint density at radius 3 is 2.38 bits per heavy atom. The first kappa shape index (κ1) is 19.9. The average molecular weight is 378 g/mol. The van der Waals surface area contributed by atoms with E-state index < -0.39 is 72.4 Å². The average Bonchev–Trinajstić information content (AvgIpc) is 2.83. The van der Waals surface area contributed by atoms with Crippen LogP contribution in [0, 0.1) is 11.8 Å². The minimum absolute atomic E-state index is 0.0822. The fourth-order valence-electron chi connectivity index (χ4n) is 4.18. The zero-order valence-corrected chi connectivity index (χ0v) is 14.6. The fraction of sp³-hybridized carbons (Fsp3) is 0.938. The van der Waals surface area contributed by atoms with Gasteiger partial charge in [-0.2, -0.15) is 0 Å². The van der Waals surface area contributed by atoms with Crippen LogP contribution >= 0.6 is 0 Å². The van der Waals surface area contributed by atoms with Crippen molar-refractivity contribution in [1.82, 2.24) is 0 Å². The van der Waals surface area contributed by atoms with Gasteiger partial charge >= 0.3 is 5.97 Å². The molecule has 10 atom stereocenters. The second-order valence-electron chi connectivity index (χ2n) is 7.74. The molecule has 10 nitrogen and oxygen atoms in total. The maximum atomic E-state index is 11.8. The minimum Gasteiger partial charge on any atom is -0.463 e. The SMILES string of the molecule is C[C@@]1(O)[C@@H](O[C@@H]2O[C@H](CO)[C@@H](O)[C@H](O)[C@H]2O)C[C@H]2[C@@H]1COC(=O)[C@@]2(C)O. The van der Waals surface area contributed by atoms with Crippen LogP contribution in [-0.4, -0.2) is 97.8 Å². The van der Waals surface area contributed by atoms with Crippen LogP contribution in [0.15, 0.2) is 0 Å². The molecule has 3 fully saturated rings. The molecule has 3 rings (SSSR count). The highest BCUT2D eigenvalue weighted by atomic mass is 16.7. The summed E-state index contributed by atoms with van der Waals surface area (Å²) >= 11 is 0. The summed E-state index contributed by atoms with van der Waals surface area (Å²) in [6.45, 7) is 2.11. The van der Waals surface area contributed by atoms with Gasteiger partial charge in [0.2, 0.25) is 0 Å². The van der Waals surface area contributed by atoms with E-state index in [1.807, 2.05) is 0 Å². The third-order valence-electron chi connectivity index (χ3n) is 6.03. The molecule has 1 saturated carbocycles. The van der Waals surface area contributed by atoms with Gasteiger partial charge in [-0.3, -0.25) is 0 Å². The Hall–Kier alpha value is -0.850. The monoisotopic (exact) mass is 378 g/mol. The molecule has 3 aliphatic rings. The number of aliphatic hydroxyl groups excluding tert-OH is 4. The van der Waals surface area contributed by atoms with E-state index in [1.165, 1.54) is 13.8 Å². The lowest BCUT2D eigenvalue weighted by Gasteiger charge is -2.42. The van der Waals surface area contributed by atoms with Crippen molar-refractivity contribution in [1.29, 1.82) is 0 Å². The molecule has 0 radical (unpaired) electrons. The normalized spacial score (nSPS) is 54.7.